The molecule has 1 amide bonds. The van der Waals surface area contributed by atoms with Gasteiger partial charge in [0.15, 0.2) is 0 Å². The zero-order valence-electron chi connectivity index (χ0n) is 17.0. The van der Waals surface area contributed by atoms with Crippen LogP contribution in [0.4, 0.5) is 5.69 Å². The van der Waals surface area contributed by atoms with E-state index in [1.165, 1.54) is 0 Å². The molecule has 1 aliphatic rings. The van der Waals surface area contributed by atoms with Crippen LogP contribution in [0.25, 0.3) is 0 Å². The van der Waals surface area contributed by atoms with Crippen LogP contribution in [-0.2, 0) is 14.8 Å². The van der Waals surface area contributed by atoms with Gasteiger partial charge in [-0.25, -0.2) is 8.42 Å². The van der Waals surface area contributed by atoms with Crippen LogP contribution in [0.15, 0.2) is 42.5 Å². The smallest absolute Gasteiger partial charge is 0.254 e. The maximum absolute atomic E-state index is 13.0. The number of hydrogen-bond acceptors (Lipinski definition) is 5. The zero-order chi connectivity index (χ0) is 21.2. The fraction of sp³-hybridized carbons (Fsp3) is 0.381. The zero-order valence-corrected chi connectivity index (χ0v) is 17.8. The third-order valence-electron chi connectivity index (χ3n) is 4.85. The number of carbonyl (C=O) groups is 1. The first-order valence-electron chi connectivity index (χ1n) is 9.30. The van der Waals surface area contributed by atoms with Gasteiger partial charge in [-0.05, 0) is 37.6 Å². The van der Waals surface area contributed by atoms with Crippen molar-refractivity contribution in [3.05, 3.63) is 59.2 Å². The molecule has 7 nitrogen and oxygen atoms in total. The van der Waals surface area contributed by atoms with Crippen LogP contribution >= 0.6 is 0 Å². The Morgan fingerprint density at radius 2 is 1.83 bits per heavy atom. The number of nitrogens with one attached hydrogen (secondary N) is 1. The molecule has 29 heavy (non-hydrogen) atoms. The van der Waals surface area contributed by atoms with Gasteiger partial charge in [-0.1, -0.05) is 23.8 Å². The summed E-state index contributed by atoms with van der Waals surface area (Å²) in [6, 6.07) is 12.5. The van der Waals surface area contributed by atoms with Gasteiger partial charge in [0.25, 0.3) is 5.91 Å². The Hall–Kier alpha value is -2.58. The molecule has 1 fully saturated rings. The van der Waals surface area contributed by atoms with Gasteiger partial charge in [-0.2, -0.15) is 0 Å². The number of methoxy groups -OCH3 is 1. The van der Waals surface area contributed by atoms with E-state index in [0.717, 1.165) is 17.4 Å². The molecule has 0 radical (unpaired) electrons. The molecule has 0 aromatic heterocycles. The van der Waals surface area contributed by atoms with Crippen molar-refractivity contribution < 1.29 is 22.7 Å². The summed E-state index contributed by atoms with van der Waals surface area (Å²) in [5.41, 5.74) is 3.06. The Balaban J connectivity index is 1.75. The number of benzene rings is 2. The topological polar surface area (TPSA) is 84.9 Å². The minimum atomic E-state index is -3.38. The van der Waals surface area contributed by atoms with Crippen molar-refractivity contribution in [2.45, 2.75) is 26.1 Å². The Morgan fingerprint density at radius 1 is 1.10 bits per heavy atom. The lowest BCUT2D eigenvalue weighted by atomic mass is 10.0. The third-order valence-corrected chi connectivity index (χ3v) is 5.46. The fourth-order valence-electron chi connectivity index (χ4n) is 3.41. The van der Waals surface area contributed by atoms with Crippen molar-refractivity contribution in [2.75, 3.05) is 31.2 Å². The summed E-state index contributed by atoms with van der Waals surface area (Å²) in [4.78, 5) is 14.8. The van der Waals surface area contributed by atoms with Crippen molar-refractivity contribution in [3.8, 4) is 5.75 Å². The minimum absolute atomic E-state index is 0.0492. The molecule has 1 aliphatic heterocycles. The summed E-state index contributed by atoms with van der Waals surface area (Å²) in [6.07, 6.45) is 0.452. The van der Waals surface area contributed by atoms with Gasteiger partial charge < -0.3 is 14.4 Å². The van der Waals surface area contributed by atoms with E-state index in [9.17, 15) is 13.2 Å². The largest absolute Gasteiger partial charge is 0.486 e. The molecule has 2 aromatic rings. The predicted molar refractivity (Wildman–Crippen MR) is 112 cm³/mol. The van der Waals surface area contributed by atoms with E-state index in [2.05, 4.69) is 4.72 Å². The summed E-state index contributed by atoms with van der Waals surface area (Å²) in [6.45, 7) is 4.69. The predicted octanol–water partition coefficient (Wildman–Crippen LogP) is 2.59. The molecular weight excluding hydrogens is 392 g/mol. The highest BCUT2D eigenvalue weighted by Crippen LogP contribution is 2.25. The number of likely N-dealkylation sites (tertiary alicyclic amines) is 1. The third kappa shape index (κ3) is 5.27. The SMILES string of the molecule is CO[C@@H]1CN(C(=O)c2cc(C)ccc2C)C[C@H]1Oc1cccc(NS(C)(=O)=O)c1. The standard InChI is InChI=1S/C21H26N2O5S/c1-14-8-9-15(2)18(10-14)21(24)23-12-19(27-3)20(13-23)28-17-7-5-6-16(11-17)22-29(4,25)26/h5-11,19-20,22H,12-13H2,1-4H3/t19-,20-/m1/s1. The van der Waals surface area contributed by atoms with Gasteiger partial charge >= 0.3 is 0 Å². The second kappa shape index (κ2) is 8.42. The van der Waals surface area contributed by atoms with E-state index >= 15 is 0 Å². The van der Waals surface area contributed by atoms with Crippen molar-refractivity contribution in [1.29, 1.82) is 0 Å². The Kier molecular flexibility index (Phi) is 6.14. The summed E-state index contributed by atoms with van der Waals surface area (Å²) in [5.74, 6) is 0.457. The lowest BCUT2D eigenvalue weighted by Crippen LogP contribution is -2.32. The van der Waals surface area contributed by atoms with Gasteiger partial charge in [0.1, 0.15) is 18.0 Å². The molecule has 1 saturated heterocycles. The minimum Gasteiger partial charge on any atom is -0.486 e. The van der Waals surface area contributed by atoms with Crippen molar-refractivity contribution >= 4 is 21.6 Å². The Morgan fingerprint density at radius 3 is 2.52 bits per heavy atom. The number of amides is 1. The molecule has 1 heterocycles. The number of aryl methyl sites for hydroxylation is 2. The molecule has 1 N–H and O–H groups in total. The van der Waals surface area contributed by atoms with E-state index in [1.54, 1.807) is 36.3 Å². The van der Waals surface area contributed by atoms with Crippen LogP contribution in [0.3, 0.4) is 0 Å². The maximum atomic E-state index is 13.0. The lowest BCUT2D eigenvalue weighted by Gasteiger charge is -2.19. The summed E-state index contributed by atoms with van der Waals surface area (Å²) < 4.78 is 36.9. The second-order valence-electron chi connectivity index (χ2n) is 7.36. The molecule has 3 rings (SSSR count). The van der Waals surface area contributed by atoms with Gasteiger partial charge in [-0.3, -0.25) is 9.52 Å². The van der Waals surface area contributed by atoms with Crippen LogP contribution in [-0.4, -0.2) is 57.9 Å². The van der Waals surface area contributed by atoms with Crippen molar-refractivity contribution in [2.24, 2.45) is 0 Å². The van der Waals surface area contributed by atoms with E-state index in [-0.39, 0.29) is 18.1 Å². The van der Waals surface area contributed by atoms with E-state index in [1.807, 2.05) is 32.0 Å². The van der Waals surface area contributed by atoms with Gasteiger partial charge in [0.05, 0.1) is 25.0 Å². The van der Waals surface area contributed by atoms with Gasteiger partial charge in [-0.15, -0.1) is 0 Å². The number of anilines is 1. The van der Waals surface area contributed by atoms with Gasteiger partial charge in [0, 0.05) is 18.7 Å². The summed E-state index contributed by atoms with van der Waals surface area (Å²) in [5, 5.41) is 0. The van der Waals surface area contributed by atoms with E-state index in [0.29, 0.717) is 30.1 Å². The van der Waals surface area contributed by atoms with Crippen molar-refractivity contribution in [1.82, 2.24) is 4.90 Å². The average molecular weight is 419 g/mol. The molecule has 0 aliphatic carbocycles. The summed E-state index contributed by atoms with van der Waals surface area (Å²) >= 11 is 0. The van der Waals surface area contributed by atoms with Crippen LogP contribution in [0, 0.1) is 13.8 Å². The van der Waals surface area contributed by atoms with Crippen LogP contribution in [0.2, 0.25) is 0 Å². The van der Waals surface area contributed by atoms with Gasteiger partial charge in [0.2, 0.25) is 10.0 Å². The fourth-order valence-corrected chi connectivity index (χ4v) is 3.96. The first-order chi connectivity index (χ1) is 13.7. The molecule has 2 aromatic carbocycles. The molecule has 0 spiro atoms. The maximum Gasteiger partial charge on any atom is 0.254 e. The molecule has 0 bridgehead atoms. The van der Waals surface area contributed by atoms with Crippen LogP contribution in [0.5, 0.6) is 5.75 Å². The number of ether oxygens (including phenoxy) is 2. The van der Waals surface area contributed by atoms with Crippen molar-refractivity contribution in [3.63, 3.8) is 0 Å². The van der Waals surface area contributed by atoms with E-state index < -0.39 is 10.0 Å². The monoisotopic (exact) mass is 418 g/mol. The quantitative estimate of drug-likeness (QED) is 0.779. The average Bonchev–Trinajstić information content (AvgIpc) is 3.05. The number of hydrogen-bond donors (Lipinski definition) is 1. The molecular formula is C21H26N2O5S. The summed E-state index contributed by atoms with van der Waals surface area (Å²) in [7, 11) is -1.79. The second-order valence-corrected chi connectivity index (χ2v) is 9.11. The molecule has 0 saturated carbocycles. The highest BCUT2D eigenvalue weighted by molar-refractivity contribution is 7.92. The highest BCUT2D eigenvalue weighted by Gasteiger charge is 2.37. The molecule has 8 heteroatoms. The first-order valence-corrected chi connectivity index (χ1v) is 11.2. The molecule has 0 unspecified atom stereocenters. The Labute approximate surface area is 171 Å². The van der Waals surface area contributed by atoms with E-state index in [4.69, 9.17) is 9.47 Å². The highest BCUT2D eigenvalue weighted by atomic mass is 32.2. The number of rotatable bonds is 6. The normalized spacial score (nSPS) is 19.2. The lowest BCUT2D eigenvalue weighted by molar-refractivity contribution is 0.0340. The number of sulfonamides is 1. The molecule has 156 valence electrons. The number of carbonyl (C=O) groups excluding carboxylic acids is 1. The molecule has 2 atom stereocenters. The Bertz CT molecular complexity index is 1010. The first kappa shape index (κ1) is 21.1. The van der Waals surface area contributed by atoms with Crippen LogP contribution < -0.4 is 9.46 Å². The van der Waals surface area contributed by atoms with Crippen LogP contribution in [0.1, 0.15) is 21.5 Å². The number of nitrogens with zero attached hydrogens (tertiary/aromatic N) is 1.